The van der Waals surface area contributed by atoms with Crippen molar-refractivity contribution in [3.63, 3.8) is 0 Å². The van der Waals surface area contributed by atoms with E-state index in [0.717, 1.165) is 70.6 Å². The Balaban J connectivity index is 1.97. The number of carbonyl (C=O) groups excluding carboxylic acids is 2. The SMILES string of the molecule is CCCCC/C=C\C/C=C\CCCCCCCCCCCC(=O)OCCCCCCCCCCCCCCCCCCCCCC(=O)NC(COC1OC(CO)C(O)C(O)C1O)C(O)/C=C/CCCCCCCCC. The number of amides is 1. The molecule has 1 fully saturated rings. The molecule has 1 rings (SSSR count). The van der Waals surface area contributed by atoms with Crippen LogP contribution in [0.2, 0.25) is 0 Å². The lowest BCUT2D eigenvalue weighted by atomic mass is 9.99. The van der Waals surface area contributed by atoms with Crippen LogP contribution in [0.4, 0.5) is 0 Å². The summed E-state index contributed by atoms with van der Waals surface area (Å²) in [4.78, 5) is 25.1. The molecule has 7 atom stereocenters. The van der Waals surface area contributed by atoms with Crippen LogP contribution in [-0.4, -0.2) is 100 Å². The molecule has 11 heteroatoms. The van der Waals surface area contributed by atoms with Crippen molar-refractivity contribution in [1.82, 2.24) is 5.32 Å². The van der Waals surface area contributed by atoms with E-state index in [1.807, 2.05) is 6.08 Å². The van der Waals surface area contributed by atoms with Gasteiger partial charge in [0.05, 0.1) is 32.0 Å². The highest BCUT2D eigenvalue weighted by atomic mass is 16.7. The first-order valence-electron chi connectivity index (χ1n) is 31.8. The van der Waals surface area contributed by atoms with E-state index in [-0.39, 0.29) is 18.5 Å². The summed E-state index contributed by atoms with van der Waals surface area (Å²) in [6.45, 7) is 4.29. The second-order valence-electron chi connectivity index (χ2n) is 22.1. The molecule has 0 aromatic carbocycles. The summed E-state index contributed by atoms with van der Waals surface area (Å²) in [5.41, 5.74) is 0. The average molecular weight is 1060 g/mol. The number of nitrogens with one attached hydrogen (secondary N) is 1. The largest absolute Gasteiger partial charge is 0.466 e. The number of esters is 1. The summed E-state index contributed by atoms with van der Waals surface area (Å²) in [5.74, 6) is -0.196. The van der Waals surface area contributed by atoms with Gasteiger partial charge >= 0.3 is 5.97 Å². The van der Waals surface area contributed by atoms with Gasteiger partial charge in [-0.15, -0.1) is 0 Å². The number of aliphatic hydroxyl groups is 5. The van der Waals surface area contributed by atoms with Gasteiger partial charge in [0.1, 0.15) is 24.4 Å². The summed E-state index contributed by atoms with van der Waals surface area (Å²) in [7, 11) is 0. The van der Waals surface area contributed by atoms with Gasteiger partial charge in [0.15, 0.2) is 6.29 Å². The van der Waals surface area contributed by atoms with Crippen molar-refractivity contribution in [2.24, 2.45) is 0 Å². The molecule has 7 unspecified atom stereocenters. The van der Waals surface area contributed by atoms with E-state index in [1.54, 1.807) is 6.08 Å². The number of allylic oxidation sites excluding steroid dienone is 5. The maximum atomic E-state index is 13.0. The fraction of sp³-hybridized carbons (Fsp3) is 0.875. The van der Waals surface area contributed by atoms with E-state index >= 15 is 0 Å². The second-order valence-corrected chi connectivity index (χ2v) is 22.1. The third-order valence-corrected chi connectivity index (χ3v) is 15.0. The first-order chi connectivity index (χ1) is 36.7. The number of carbonyl (C=O) groups is 2. The Hall–Kier alpha value is -2.12. The maximum absolute atomic E-state index is 13.0. The highest BCUT2D eigenvalue weighted by Gasteiger charge is 2.44. The van der Waals surface area contributed by atoms with Crippen LogP contribution in [0.25, 0.3) is 0 Å². The molecule has 1 aliphatic heterocycles. The predicted octanol–water partition coefficient (Wildman–Crippen LogP) is 15.1. The van der Waals surface area contributed by atoms with Crippen molar-refractivity contribution in [1.29, 1.82) is 0 Å². The van der Waals surface area contributed by atoms with E-state index in [2.05, 4.69) is 43.5 Å². The first kappa shape index (κ1) is 70.9. The summed E-state index contributed by atoms with van der Waals surface area (Å²) in [6, 6.07) is -0.811. The molecule has 0 aliphatic carbocycles. The Morgan fingerprint density at radius 1 is 0.493 bits per heavy atom. The Kier molecular flexibility index (Phi) is 50.9. The van der Waals surface area contributed by atoms with Crippen molar-refractivity contribution in [2.75, 3.05) is 19.8 Å². The molecule has 0 aromatic rings. The Morgan fingerprint density at radius 3 is 1.37 bits per heavy atom. The second kappa shape index (κ2) is 53.9. The number of hydrogen-bond acceptors (Lipinski definition) is 10. The molecule has 75 heavy (non-hydrogen) atoms. The zero-order valence-electron chi connectivity index (χ0n) is 48.5. The van der Waals surface area contributed by atoms with Crippen molar-refractivity contribution in [2.45, 2.75) is 339 Å². The predicted molar refractivity (Wildman–Crippen MR) is 311 cm³/mol. The molecule has 0 radical (unpaired) electrons. The average Bonchev–Trinajstić information content (AvgIpc) is 3.41. The minimum absolute atomic E-state index is 0.00960. The number of rotatable bonds is 55. The molecule has 1 amide bonds. The van der Waals surface area contributed by atoms with Crippen LogP contribution in [0.5, 0.6) is 0 Å². The van der Waals surface area contributed by atoms with E-state index in [9.17, 15) is 35.1 Å². The van der Waals surface area contributed by atoms with Crippen LogP contribution in [-0.2, 0) is 23.8 Å². The monoisotopic (exact) mass is 1060 g/mol. The fourth-order valence-electron chi connectivity index (χ4n) is 9.94. The highest BCUT2D eigenvalue weighted by molar-refractivity contribution is 5.76. The molecule has 0 spiro atoms. The van der Waals surface area contributed by atoms with Gasteiger partial charge in [-0.3, -0.25) is 9.59 Å². The number of unbranched alkanes of at least 4 members (excludes halogenated alkanes) is 37. The van der Waals surface area contributed by atoms with Crippen molar-refractivity contribution < 1.29 is 49.3 Å². The number of hydrogen-bond donors (Lipinski definition) is 6. The van der Waals surface area contributed by atoms with Gasteiger partial charge in [0.2, 0.25) is 5.91 Å². The third-order valence-electron chi connectivity index (χ3n) is 15.0. The van der Waals surface area contributed by atoms with Gasteiger partial charge in [-0.2, -0.15) is 0 Å². The molecule has 6 N–H and O–H groups in total. The quantitative estimate of drug-likeness (QED) is 0.0195. The molecule has 11 nitrogen and oxygen atoms in total. The maximum Gasteiger partial charge on any atom is 0.305 e. The van der Waals surface area contributed by atoms with Crippen molar-refractivity contribution in [3.05, 3.63) is 36.5 Å². The molecule has 1 saturated heterocycles. The lowest BCUT2D eigenvalue weighted by molar-refractivity contribution is -0.302. The van der Waals surface area contributed by atoms with Crippen LogP contribution in [0, 0.1) is 0 Å². The van der Waals surface area contributed by atoms with Gasteiger partial charge in [-0.25, -0.2) is 0 Å². The lowest BCUT2D eigenvalue weighted by Crippen LogP contribution is -2.60. The molecule has 0 bridgehead atoms. The van der Waals surface area contributed by atoms with Crippen LogP contribution in [0.1, 0.15) is 296 Å². The smallest absolute Gasteiger partial charge is 0.305 e. The summed E-state index contributed by atoms with van der Waals surface area (Å²) >= 11 is 0. The minimum atomic E-state index is -1.57. The van der Waals surface area contributed by atoms with E-state index in [1.165, 1.54) is 199 Å². The zero-order chi connectivity index (χ0) is 54.5. The van der Waals surface area contributed by atoms with Crippen LogP contribution in [0.3, 0.4) is 0 Å². The van der Waals surface area contributed by atoms with Crippen molar-refractivity contribution >= 4 is 11.9 Å². The summed E-state index contributed by atoms with van der Waals surface area (Å²) < 4.78 is 16.7. The lowest BCUT2D eigenvalue weighted by Gasteiger charge is -2.40. The molecule has 1 heterocycles. The van der Waals surface area contributed by atoms with Gasteiger partial charge in [-0.05, 0) is 64.2 Å². The number of aliphatic hydroxyl groups excluding tert-OH is 5. The van der Waals surface area contributed by atoms with E-state index in [4.69, 9.17) is 14.2 Å². The van der Waals surface area contributed by atoms with E-state index < -0.39 is 49.5 Å². The topological polar surface area (TPSA) is 175 Å². The van der Waals surface area contributed by atoms with E-state index in [0.29, 0.717) is 19.4 Å². The number of ether oxygens (including phenoxy) is 3. The molecule has 0 saturated carbocycles. The molecule has 1 aliphatic rings. The Morgan fingerprint density at radius 2 is 0.893 bits per heavy atom. The summed E-state index contributed by atoms with van der Waals surface area (Å²) in [6.07, 6.45) is 56.8. The summed E-state index contributed by atoms with van der Waals surface area (Å²) in [5, 5.41) is 54.2. The third kappa shape index (κ3) is 43.4. The van der Waals surface area contributed by atoms with Gasteiger partial charge < -0.3 is 45.1 Å². The van der Waals surface area contributed by atoms with Crippen LogP contribution < -0.4 is 5.32 Å². The Bertz CT molecular complexity index is 1340. The first-order valence-corrected chi connectivity index (χ1v) is 31.8. The minimum Gasteiger partial charge on any atom is -0.466 e. The normalized spacial score (nSPS) is 18.9. The van der Waals surface area contributed by atoms with Crippen LogP contribution >= 0.6 is 0 Å². The van der Waals surface area contributed by atoms with Gasteiger partial charge in [0, 0.05) is 12.8 Å². The highest BCUT2D eigenvalue weighted by Crippen LogP contribution is 2.23. The fourth-order valence-corrected chi connectivity index (χ4v) is 9.94. The van der Waals surface area contributed by atoms with Crippen molar-refractivity contribution in [3.8, 4) is 0 Å². The van der Waals surface area contributed by atoms with Crippen LogP contribution in [0.15, 0.2) is 36.5 Å². The molecule has 0 aromatic heterocycles. The zero-order valence-corrected chi connectivity index (χ0v) is 48.5. The van der Waals surface area contributed by atoms with Gasteiger partial charge in [-0.1, -0.05) is 256 Å². The molecular weight excluding hydrogens is 943 g/mol. The Labute approximate surface area is 460 Å². The molecule has 440 valence electrons. The molecular formula is C64H119NO10. The van der Waals surface area contributed by atoms with Gasteiger partial charge in [0.25, 0.3) is 0 Å². The standard InChI is InChI=1S/C64H119NO10/c1-3-5-7-9-11-13-14-15-16-17-19-23-26-29-32-36-40-44-48-52-60(69)73-53-49-45-41-37-33-30-27-24-21-18-20-22-25-28-31-35-39-43-47-51-59(68)65-56(57(67)50-46-42-38-34-12-10-8-6-4-2)55-74-64-63(72)62(71)61(70)58(54-66)75-64/h11,13,15-16,46,50,56-58,61-64,66-67,70-72H,3-10,12,14,17-45,47-49,51-55H2,1-2H3,(H,65,68)/b13-11-,16-15-,50-46+.